The zero-order valence-electron chi connectivity index (χ0n) is 10.2. The van der Waals surface area contributed by atoms with Gasteiger partial charge >= 0.3 is 0 Å². The van der Waals surface area contributed by atoms with E-state index in [2.05, 4.69) is 9.97 Å². The summed E-state index contributed by atoms with van der Waals surface area (Å²) >= 11 is 2.70. The molecule has 1 aromatic carbocycles. The molecule has 0 bridgehead atoms. The lowest BCUT2D eigenvalue weighted by molar-refractivity contribution is 0.624. The minimum Gasteiger partial charge on any atom is -0.398 e. The fourth-order valence-corrected chi connectivity index (χ4v) is 3.35. The number of thiophene rings is 1. The van der Waals surface area contributed by atoms with Gasteiger partial charge in [-0.05, 0) is 29.6 Å². The summed E-state index contributed by atoms with van der Waals surface area (Å²) in [5.41, 5.74) is 6.83. The van der Waals surface area contributed by atoms with E-state index in [0.717, 1.165) is 0 Å². The van der Waals surface area contributed by atoms with Gasteiger partial charge in [0.25, 0.3) is 5.56 Å². The topological polar surface area (TPSA) is 71.8 Å². The third-order valence-corrected chi connectivity index (χ3v) is 4.69. The number of hydrogen-bond acceptors (Lipinski definition) is 5. The number of nitrogens with one attached hydrogen (secondary N) is 1. The number of halogens is 1. The lowest BCUT2D eigenvalue weighted by atomic mass is 10.3. The van der Waals surface area contributed by atoms with Crippen LogP contribution in [0.15, 0.2) is 39.3 Å². The Kier molecular flexibility index (Phi) is 3.45. The molecule has 0 saturated carbocycles. The van der Waals surface area contributed by atoms with Gasteiger partial charge in [0.2, 0.25) is 0 Å². The molecule has 0 spiro atoms. The Morgan fingerprint density at radius 1 is 1.40 bits per heavy atom. The highest BCUT2D eigenvalue weighted by Crippen LogP contribution is 2.28. The lowest BCUT2D eigenvalue weighted by Crippen LogP contribution is -2.09. The monoisotopic (exact) mass is 307 g/mol. The summed E-state index contributed by atoms with van der Waals surface area (Å²) in [5.74, 6) is 0.639. The summed E-state index contributed by atoms with van der Waals surface area (Å²) in [6.07, 6.45) is 0. The van der Waals surface area contributed by atoms with Crippen molar-refractivity contribution in [2.45, 2.75) is 10.6 Å². The highest BCUT2D eigenvalue weighted by atomic mass is 32.2. The molecule has 0 aliphatic rings. The van der Waals surface area contributed by atoms with Crippen molar-refractivity contribution in [3.8, 4) is 0 Å². The molecule has 7 heteroatoms. The average molecular weight is 307 g/mol. The molecule has 0 aliphatic heterocycles. The Labute approximate surface area is 121 Å². The summed E-state index contributed by atoms with van der Waals surface area (Å²) in [6, 6.07) is 6.02. The van der Waals surface area contributed by atoms with Crippen LogP contribution in [0.1, 0.15) is 5.82 Å². The Bertz CT molecular complexity index is 828. The van der Waals surface area contributed by atoms with Crippen LogP contribution in [0.25, 0.3) is 10.2 Å². The van der Waals surface area contributed by atoms with Gasteiger partial charge in [-0.15, -0.1) is 23.1 Å². The van der Waals surface area contributed by atoms with Gasteiger partial charge in [0, 0.05) is 10.6 Å². The number of fused-ring (bicyclic) bond motifs is 1. The minimum absolute atomic E-state index is 0.146. The van der Waals surface area contributed by atoms with E-state index in [4.69, 9.17) is 5.73 Å². The largest absolute Gasteiger partial charge is 0.398 e. The Morgan fingerprint density at radius 3 is 3.10 bits per heavy atom. The van der Waals surface area contributed by atoms with Crippen LogP contribution < -0.4 is 11.3 Å². The van der Waals surface area contributed by atoms with Crippen molar-refractivity contribution < 1.29 is 4.39 Å². The SMILES string of the molecule is Nc1ccc(F)cc1SCc1nc2ccsc2c(=O)[nH]1. The third-order valence-electron chi connectivity index (χ3n) is 2.70. The number of aromatic nitrogens is 2. The van der Waals surface area contributed by atoms with Crippen molar-refractivity contribution in [2.75, 3.05) is 5.73 Å². The number of aromatic amines is 1. The van der Waals surface area contributed by atoms with Crippen molar-refractivity contribution in [3.05, 3.63) is 51.6 Å². The van der Waals surface area contributed by atoms with E-state index in [9.17, 15) is 9.18 Å². The van der Waals surface area contributed by atoms with Gasteiger partial charge < -0.3 is 10.7 Å². The maximum atomic E-state index is 13.2. The van der Waals surface area contributed by atoms with Crippen LogP contribution in [-0.2, 0) is 5.75 Å². The minimum atomic E-state index is -0.337. The van der Waals surface area contributed by atoms with E-state index in [1.54, 1.807) is 6.07 Å². The molecular formula is C13H10FN3OS2. The van der Waals surface area contributed by atoms with E-state index < -0.39 is 0 Å². The van der Waals surface area contributed by atoms with Crippen molar-refractivity contribution in [1.82, 2.24) is 9.97 Å². The average Bonchev–Trinajstić information content (AvgIpc) is 2.89. The second kappa shape index (κ2) is 5.26. The molecule has 3 aromatic rings. The fraction of sp³-hybridized carbons (Fsp3) is 0.0769. The Balaban J connectivity index is 1.86. The molecule has 0 saturated heterocycles. The molecule has 102 valence electrons. The normalized spacial score (nSPS) is 11.1. The van der Waals surface area contributed by atoms with Crippen molar-refractivity contribution in [3.63, 3.8) is 0 Å². The van der Waals surface area contributed by atoms with Gasteiger partial charge in [-0.1, -0.05) is 0 Å². The number of thioether (sulfide) groups is 1. The van der Waals surface area contributed by atoms with E-state index in [0.29, 0.717) is 32.4 Å². The molecule has 0 fully saturated rings. The van der Waals surface area contributed by atoms with Crippen LogP contribution >= 0.6 is 23.1 Å². The molecule has 4 nitrogen and oxygen atoms in total. The van der Waals surface area contributed by atoms with Crippen LogP contribution in [0.3, 0.4) is 0 Å². The number of rotatable bonds is 3. The highest BCUT2D eigenvalue weighted by Gasteiger charge is 2.07. The molecule has 20 heavy (non-hydrogen) atoms. The van der Waals surface area contributed by atoms with Gasteiger partial charge in [0.1, 0.15) is 16.3 Å². The molecule has 3 rings (SSSR count). The van der Waals surface area contributed by atoms with E-state index in [1.807, 2.05) is 5.38 Å². The summed E-state index contributed by atoms with van der Waals surface area (Å²) in [6.45, 7) is 0. The highest BCUT2D eigenvalue weighted by molar-refractivity contribution is 7.98. The van der Waals surface area contributed by atoms with Gasteiger partial charge in [-0.25, -0.2) is 9.37 Å². The molecule has 2 heterocycles. The number of nitrogens with zero attached hydrogens (tertiary/aromatic N) is 1. The van der Waals surface area contributed by atoms with E-state index >= 15 is 0 Å². The predicted molar refractivity (Wildman–Crippen MR) is 80.6 cm³/mol. The molecule has 0 aliphatic carbocycles. The second-order valence-electron chi connectivity index (χ2n) is 4.12. The first-order chi connectivity index (χ1) is 9.63. The molecule has 3 N–H and O–H groups in total. The molecule has 0 unspecified atom stereocenters. The summed E-state index contributed by atoms with van der Waals surface area (Å²) in [4.78, 5) is 19.5. The quantitative estimate of drug-likeness (QED) is 0.576. The van der Waals surface area contributed by atoms with Crippen molar-refractivity contribution in [2.24, 2.45) is 0 Å². The van der Waals surface area contributed by atoms with Gasteiger partial charge in [0.05, 0.1) is 11.3 Å². The number of benzene rings is 1. The number of H-pyrrole nitrogens is 1. The summed E-state index contributed by atoms with van der Waals surface area (Å²) in [5, 5.41) is 1.83. The maximum Gasteiger partial charge on any atom is 0.268 e. The third kappa shape index (κ3) is 2.54. The van der Waals surface area contributed by atoms with Gasteiger partial charge in [-0.2, -0.15) is 0 Å². The van der Waals surface area contributed by atoms with Gasteiger partial charge in [-0.3, -0.25) is 4.79 Å². The lowest BCUT2D eigenvalue weighted by Gasteiger charge is -2.05. The fourth-order valence-electron chi connectivity index (χ4n) is 1.77. The predicted octanol–water partition coefficient (Wildman–Crippen LogP) is 3.00. The second-order valence-corrected chi connectivity index (χ2v) is 6.05. The van der Waals surface area contributed by atoms with E-state index in [-0.39, 0.29) is 11.4 Å². The number of hydrogen-bond donors (Lipinski definition) is 2. The van der Waals surface area contributed by atoms with Crippen molar-refractivity contribution >= 4 is 39.0 Å². The smallest absolute Gasteiger partial charge is 0.268 e. The Hall–Kier alpha value is -1.86. The van der Waals surface area contributed by atoms with Crippen LogP contribution in [0, 0.1) is 5.82 Å². The molecular weight excluding hydrogens is 297 g/mol. The zero-order chi connectivity index (χ0) is 14.1. The first-order valence-electron chi connectivity index (χ1n) is 5.78. The van der Waals surface area contributed by atoms with Crippen LogP contribution in [0.5, 0.6) is 0 Å². The maximum absolute atomic E-state index is 13.2. The summed E-state index contributed by atoms with van der Waals surface area (Å²) < 4.78 is 13.8. The first-order valence-corrected chi connectivity index (χ1v) is 7.64. The summed E-state index contributed by atoms with van der Waals surface area (Å²) in [7, 11) is 0. The number of anilines is 1. The standard InChI is InChI=1S/C13H10FN3OS2/c14-7-1-2-8(15)10(5-7)20-6-11-16-9-3-4-19-12(9)13(18)17-11/h1-5H,6,15H2,(H,16,17,18). The molecule has 2 aromatic heterocycles. The Morgan fingerprint density at radius 2 is 2.25 bits per heavy atom. The van der Waals surface area contributed by atoms with Crippen molar-refractivity contribution in [1.29, 1.82) is 0 Å². The molecule has 0 radical (unpaired) electrons. The van der Waals surface area contributed by atoms with Crippen LogP contribution in [0.4, 0.5) is 10.1 Å². The molecule has 0 amide bonds. The zero-order valence-corrected chi connectivity index (χ0v) is 11.9. The molecule has 0 atom stereocenters. The van der Waals surface area contributed by atoms with Crippen LogP contribution in [-0.4, -0.2) is 9.97 Å². The number of nitrogens with two attached hydrogens (primary N) is 1. The van der Waals surface area contributed by atoms with Crippen LogP contribution in [0.2, 0.25) is 0 Å². The van der Waals surface area contributed by atoms with Gasteiger partial charge in [0.15, 0.2) is 0 Å². The first kappa shape index (κ1) is 13.1. The van der Waals surface area contributed by atoms with E-state index in [1.165, 1.54) is 41.3 Å². The number of nitrogen functional groups attached to an aromatic ring is 1.